The second-order valence-corrected chi connectivity index (χ2v) is 9.28. The first-order valence-corrected chi connectivity index (χ1v) is 12.0. The van der Waals surface area contributed by atoms with Crippen molar-refractivity contribution in [1.29, 1.82) is 0 Å². The molecule has 0 aromatic heterocycles. The highest BCUT2D eigenvalue weighted by Gasteiger charge is 2.16. The van der Waals surface area contributed by atoms with E-state index >= 15 is 0 Å². The summed E-state index contributed by atoms with van der Waals surface area (Å²) in [5.74, 6) is 3.18. The second-order valence-electron chi connectivity index (χ2n) is 9.28. The zero-order chi connectivity index (χ0) is 23.6. The number of rotatable bonds is 12. The summed E-state index contributed by atoms with van der Waals surface area (Å²) in [5, 5.41) is 10.4. The van der Waals surface area contributed by atoms with Gasteiger partial charge in [-0.3, -0.25) is 9.80 Å². The molecule has 182 valence electrons. The number of likely N-dealkylation sites (N-methyl/N-ethyl adjacent to an activating group) is 1. The van der Waals surface area contributed by atoms with Gasteiger partial charge in [0.25, 0.3) is 0 Å². The number of piperidine rings is 1. The third-order valence-electron chi connectivity index (χ3n) is 6.27. The summed E-state index contributed by atoms with van der Waals surface area (Å²) in [4.78, 5) is 4.56. The van der Waals surface area contributed by atoms with Crippen LogP contribution in [0, 0.1) is 12.8 Å². The Kier molecular flexibility index (Phi) is 9.85. The highest BCUT2D eigenvalue weighted by atomic mass is 16.5. The van der Waals surface area contributed by atoms with Gasteiger partial charge in [0.1, 0.15) is 25.1 Å². The van der Waals surface area contributed by atoms with Gasteiger partial charge < -0.3 is 19.3 Å². The first-order chi connectivity index (χ1) is 15.9. The van der Waals surface area contributed by atoms with Gasteiger partial charge in [0.15, 0.2) is 11.5 Å². The summed E-state index contributed by atoms with van der Waals surface area (Å²) < 4.78 is 17.4. The fourth-order valence-corrected chi connectivity index (χ4v) is 4.19. The van der Waals surface area contributed by atoms with Crippen LogP contribution in [0.2, 0.25) is 0 Å². The summed E-state index contributed by atoms with van der Waals surface area (Å²) in [6.45, 7) is 9.75. The Labute approximate surface area is 199 Å². The SMILES string of the molecule is COc1cc(CN(C)CC(O)COc2ccccc2C)ccc1OCCN1CCC(C)CC1. The zero-order valence-corrected chi connectivity index (χ0v) is 20.6. The zero-order valence-electron chi connectivity index (χ0n) is 20.6. The van der Waals surface area contributed by atoms with Crippen LogP contribution in [0.5, 0.6) is 17.2 Å². The monoisotopic (exact) mass is 456 g/mol. The summed E-state index contributed by atoms with van der Waals surface area (Å²) in [5.41, 5.74) is 2.18. The van der Waals surface area contributed by atoms with E-state index in [0.29, 0.717) is 19.7 Å². The molecule has 0 saturated carbocycles. The summed E-state index contributed by atoms with van der Waals surface area (Å²) in [7, 11) is 3.67. The van der Waals surface area contributed by atoms with Crippen LogP contribution in [-0.2, 0) is 6.54 Å². The fourth-order valence-electron chi connectivity index (χ4n) is 4.19. The number of benzene rings is 2. The van der Waals surface area contributed by atoms with Crippen molar-refractivity contribution in [3.63, 3.8) is 0 Å². The maximum atomic E-state index is 10.4. The number of aliphatic hydroxyl groups is 1. The number of aliphatic hydroxyl groups excluding tert-OH is 1. The Bertz CT molecular complexity index is 852. The molecule has 1 atom stereocenters. The first-order valence-electron chi connectivity index (χ1n) is 12.0. The standard InChI is InChI=1S/C27H40N2O4/c1-21-11-13-29(14-12-21)15-16-32-26-10-9-23(17-27(26)31-4)18-28(3)19-24(30)20-33-25-8-6-5-7-22(25)2/h5-10,17,21,24,30H,11-16,18-20H2,1-4H3. The second kappa shape index (κ2) is 12.8. The minimum absolute atomic E-state index is 0.265. The van der Waals surface area contributed by atoms with Crippen molar-refractivity contribution in [3.8, 4) is 17.2 Å². The molecule has 3 rings (SSSR count). The van der Waals surface area contributed by atoms with Crippen molar-refractivity contribution in [1.82, 2.24) is 9.80 Å². The normalized spacial score (nSPS) is 16.1. The Hall–Kier alpha value is -2.28. The molecule has 1 unspecified atom stereocenters. The van der Waals surface area contributed by atoms with E-state index in [-0.39, 0.29) is 6.61 Å². The summed E-state index contributed by atoms with van der Waals surface area (Å²) >= 11 is 0. The molecule has 0 radical (unpaired) electrons. The highest BCUT2D eigenvalue weighted by Crippen LogP contribution is 2.28. The first kappa shape index (κ1) is 25.3. The van der Waals surface area contributed by atoms with E-state index in [1.165, 1.54) is 12.8 Å². The lowest BCUT2D eigenvalue weighted by Crippen LogP contribution is -2.35. The molecule has 2 aromatic rings. The number of nitrogens with zero attached hydrogens (tertiary/aromatic N) is 2. The Morgan fingerprint density at radius 1 is 1.06 bits per heavy atom. The molecular formula is C27H40N2O4. The number of ether oxygens (including phenoxy) is 3. The largest absolute Gasteiger partial charge is 0.493 e. The van der Waals surface area contributed by atoms with Crippen LogP contribution in [0.1, 0.15) is 30.9 Å². The fraction of sp³-hybridized carbons (Fsp3) is 0.556. The molecule has 6 nitrogen and oxygen atoms in total. The lowest BCUT2D eigenvalue weighted by molar-refractivity contribution is 0.0741. The Balaban J connectivity index is 1.43. The van der Waals surface area contributed by atoms with E-state index < -0.39 is 6.10 Å². The van der Waals surface area contributed by atoms with Crippen LogP contribution < -0.4 is 14.2 Å². The number of para-hydroxylation sites is 1. The molecule has 0 spiro atoms. The van der Waals surface area contributed by atoms with E-state index in [1.54, 1.807) is 7.11 Å². The smallest absolute Gasteiger partial charge is 0.161 e. The number of hydrogen-bond donors (Lipinski definition) is 1. The topological polar surface area (TPSA) is 54.4 Å². The van der Waals surface area contributed by atoms with Gasteiger partial charge in [-0.25, -0.2) is 0 Å². The quantitative estimate of drug-likeness (QED) is 0.521. The van der Waals surface area contributed by atoms with Gasteiger partial charge in [-0.05, 0) is 75.1 Å². The van der Waals surface area contributed by atoms with Gasteiger partial charge in [0, 0.05) is 19.6 Å². The lowest BCUT2D eigenvalue weighted by Gasteiger charge is -2.30. The number of methoxy groups -OCH3 is 1. The average Bonchev–Trinajstić information content (AvgIpc) is 2.80. The maximum absolute atomic E-state index is 10.4. The molecule has 0 bridgehead atoms. The van der Waals surface area contributed by atoms with Gasteiger partial charge in [-0.1, -0.05) is 31.2 Å². The lowest BCUT2D eigenvalue weighted by atomic mass is 9.99. The number of aryl methyl sites for hydroxylation is 1. The minimum Gasteiger partial charge on any atom is -0.493 e. The van der Waals surface area contributed by atoms with Gasteiger partial charge in [0.05, 0.1) is 7.11 Å². The van der Waals surface area contributed by atoms with E-state index in [0.717, 1.165) is 53.9 Å². The van der Waals surface area contributed by atoms with Crippen molar-refractivity contribution >= 4 is 0 Å². The molecule has 1 aliphatic rings. The van der Waals surface area contributed by atoms with Crippen molar-refractivity contribution in [3.05, 3.63) is 53.6 Å². The molecule has 1 N–H and O–H groups in total. The van der Waals surface area contributed by atoms with Crippen molar-refractivity contribution in [2.45, 2.75) is 39.3 Å². The summed E-state index contributed by atoms with van der Waals surface area (Å²) in [6.07, 6.45) is 1.98. The molecule has 1 saturated heterocycles. The number of hydrogen-bond acceptors (Lipinski definition) is 6. The average molecular weight is 457 g/mol. The molecule has 33 heavy (non-hydrogen) atoms. The van der Waals surface area contributed by atoms with E-state index in [9.17, 15) is 5.11 Å². The van der Waals surface area contributed by atoms with Crippen LogP contribution in [-0.4, -0.2) is 74.6 Å². The highest BCUT2D eigenvalue weighted by molar-refractivity contribution is 5.43. The van der Waals surface area contributed by atoms with Crippen LogP contribution in [0.15, 0.2) is 42.5 Å². The minimum atomic E-state index is -0.572. The predicted molar refractivity (Wildman–Crippen MR) is 132 cm³/mol. The predicted octanol–water partition coefficient (Wildman–Crippen LogP) is 3.99. The van der Waals surface area contributed by atoms with Crippen molar-refractivity contribution < 1.29 is 19.3 Å². The molecule has 6 heteroatoms. The molecule has 1 fully saturated rings. The van der Waals surface area contributed by atoms with Gasteiger partial charge in [-0.2, -0.15) is 0 Å². The van der Waals surface area contributed by atoms with E-state index in [2.05, 4.69) is 22.8 Å². The molecule has 0 amide bonds. The maximum Gasteiger partial charge on any atom is 0.161 e. The molecular weight excluding hydrogens is 416 g/mol. The van der Waals surface area contributed by atoms with Crippen LogP contribution >= 0.6 is 0 Å². The third-order valence-corrected chi connectivity index (χ3v) is 6.27. The summed E-state index contributed by atoms with van der Waals surface area (Å²) in [6, 6.07) is 13.9. The van der Waals surface area contributed by atoms with Gasteiger partial charge in [-0.15, -0.1) is 0 Å². The van der Waals surface area contributed by atoms with Crippen molar-refractivity contribution in [2.24, 2.45) is 5.92 Å². The molecule has 1 heterocycles. The Morgan fingerprint density at radius 2 is 1.82 bits per heavy atom. The molecule has 2 aromatic carbocycles. The number of likely N-dealkylation sites (tertiary alicyclic amines) is 1. The van der Waals surface area contributed by atoms with Crippen LogP contribution in [0.3, 0.4) is 0 Å². The van der Waals surface area contributed by atoms with Crippen LogP contribution in [0.4, 0.5) is 0 Å². The van der Waals surface area contributed by atoms with E-state index in [1.807, 2.05) is 50.4 Å². The third kappa shape index (κ3) is 8.22. The van der Waals surface area contributed by atoms with E-state index in [4.69, 9.17) is 14.2 Å². The van der Waals surface area contributed by atoms with Crippen LogP contribution in [0.25, 0.3) is 0 Å². The molecule has 1 aliphatic heterocycles. The van der Waals surface area contributed by atoms with Gasteiger partial charge >= 0.3 is 0 Å². The van der Waals surface area contributed by atoms with Gasteiger partial charge in [0.2, 0.25) is 0 Å². The van der Waals surface area contributed by atoms with Crippen molar-refractivity contribution in [2.75, 3.05) is 53.6 Å². The Morgan fingerprint density at radius 3 is 2.55 bits per heavy atom. The molecule has 0 aliphatic carbocycles.